The second-order valence-corrected chi connectivity index (χ2v) is 2.12. The number of hydrogen-bond donors (Lipinski definition) is 0. The van der Waals surface area contributed by atoms with Gasteiger partial charge in [0, 0.05) is 13.1 Å². The first-order valence-corrected chi connectivity index (χ1v) is 3.76. The molecule has 0 aromatic carbocycles. The Morgan fingerprint density at radius 1 is 1.50 bits per heavy atom. The Morgan fingerprint density at radius 2 is 2.00 bits per heavy atom. The summed E-state index contributed by atoms with van der Waals surface area (Å²) < 4.78 is 4.57. The van der Waals surface area contributed by atoms with E-state index in [0.717, 1.165) is 0 Å². The Morgan fingerprint density at radius 3 is 2.33 bits per heavy atom. The first kappa shape index (κ1) is 10.7. The number of nitrogens with zero attached hydrogens (tertiary/aromatic N) is 1. The van der Waals surface area contributed by atoms with Gasteiger partial charge in [-0.15, -0.1) is 0 Å². The molecule has 0 radical (unpaired) electrons. The van der Waals surface area contributed by atoms with Crippen LogP contribution in [0.2, 0.25) is 0 Å². The molecule has 4 nitrogen and oxygen atoms in total. The van der Waals surface area contributed by atoms with Crippen LogP contribution < -0.4 is 0 Å². The molecule has 0 fully saturated rings. The van der Waals surface area contributed by atoms with Gasteiger partial charge < -0.3 is 9.64 Å². The molecule has 0 heterocycles. The van der Waals surface area contributed by atoms with Gasteiger partial charge >= 0.3 is 6.09 Å². The predicted octanol–water partition coefficient (Wildman–Crippen LogP) is 1.18. The van der Waals surface area contributed by atoms with Crippen molar-refractivity contribution in [3.63, 3.8) is 0 Å². The van der Waals surface area contributed by atoms with Gasteiger partial charge in [0.1, 0.15) is 0 Å². The summed E-state index contributed by atoms with van der Waals surface area (Å²) >= 11 is 0. The Bertz CT molecular complexity index is 185. The first-order chi connectivity index (χ1) is 5.65. The van der Waals surface area contributed by atoms with E-state index in [1.54, 1.807) is 0 Å². The van der Waals surface area contributed by atoms with E-state index in [9.17, 15) is 9.59 Å². The van der Waals surface area contributed by atoms with E-state index in [0.29, 0.717) is 19.4 Å². The second-order valence-electron chi connectivity index (χ2n) is 2.12. The van der Waals surface area contributed by atoms with E-state index in [2.05, 4.69) is 11.3 Å². The topological polar surface area (TPSA) is 46.6 Å². The zero-order valence-electron chi connectivity index (χ0n) is 7.37. The van der Waals surface area contributed by atoms with Crippen molar-refractivity contribution in [2.24, 2.45) is 0 Å². The van der Waals surface area contributed by atoms with Gasteiger partial charge in [-0.2, -0.15) is 0 Å². The molecule has 0 aromatic heterocycles. The Hall–Kier alpha value is -1.32. The zero-order chi connectivity index (χ0) is 9.56. The van der Waals surface area contributed by atoms with Crippen molar-refractivity contribution in [2.45, 2.75) is 13.8 Å². The molecule has 0 saturated carbocycles. The standard InChI is InChI=1S/C8H13NO3/c1-4-9(5-2)8(11)12-7(3)6-10/h6H,3-5H2,1-2H3. The highest BCUT2D eigenvalue weighted by atomic mass is 16.6. The minimum absolute atomic E-state index is 0.160. The highest BCUT2D eigenvalue weighted by Gasteiger charge is 2.11. The lowest BCUT2D eigenvalue weighted by atomic mass is 10.5. The minimum Gasteiger partial charge on any atom is -0.407 e. The number of hydrogen-bond acceptors (Lipinski definition) is 3. The normalized spacial score (nSPS) is 8.83. The van der Waals surface area contributed by atoms with Crippen molar-refractivity contribution in [3.05, 3.63) is 12.3 Å². The molecule has 0 aliphatic rings. The van der Waals surface area contributed by atoms with Gasteiger partial charge in [0.25, 0.3) is 0 Å². The molecule has 0 rings (SSSR count). The minimum atomic E-state index is -0.530. The van der Waals surface area contributed by atoms with E-state index in [4.69, 9.17) is 0 Å². The molecule has 1 amide bonds. The van der Waals surface area contributed by atoms with Gasteiger partial charge in [0.2, 0.25) is 0 Å². The third-order valence-electron chi connectivity index (χ3n) is 1.37. The molecule has 0 saturated heterocycles. The lowest BCUT2D eigenvalue weighted by Crippen LogP contribution is -2.30. The fourth-order valence-electron chi connectivity index (χ4n) is 0.683. The van der Waals surface area contributed by atoms with Crippen LogP contribution in [0.1, 0.15) is 13.8 Å². The molecule has 0 spiro atoms. The van der Waals surface area contributed by atoms with Crippen molar-refractivity contribution in [3.8, 4) is 0 Å². The van der Waals surface area contributed by atoms with Crippen LogP contribution in [0.4, 0.5) is 4.79 Å². The molecule has 0 aliphatic carbocycles. The highest BCUT2D eigenvalue weighted by molar-refractivity contribution is 5.77. The molecule has 0 unspecified atom stereocenters. The van der Waals surface area contributed by atoms with E-state index in [-0.39, 0.29) is 5.76 Å². The van der Waals surface area contributed by atoms with Gasteiger partial charge in [-0.1, -0.05) is 6.58 Å². The molecule has 0 aromatic rings. The SMILES string of the molecule is C=C(C=O)OC(=O)N(CC)CC. The summed E-state index contributed by atoms with van der Waals surface area (Å²) in [7, 11) is 0. The summed E-state index contributed by atoms with van der Waals surface area (Å²) in [5.41, 5.74) is 0. The lowest BCUT2D eigenvalue weighted by molar-refractivity contribution is -0.107. The summed E-state index contributed by atoms with van der Waals surface area (Å²) in [6.07, 6.45) is -0.126. The fraction of sp³-hybridized carbons (Fsp3) is 0.500. The van der Waals surface area contributed by atoms with Crippen molar-refractivity contribution in [1.82, 2.24) is 4.90 Å². The van der Waals surface area contributed by atoms with E-state index < -0.39 is 6.09 Å². The number of allylic oxidation sites excluding steroid dienone is 1. The number of amides is 1. The first-order valence-electron chi connectivity index (χ1n) is 3.76. The van der Waals surface area contributed by atoms with Gasteiger partial charge in [-0.3, -0.25) is 4.79 Å². The van der Waals surface area contributed by atoms with Gasteiger partial charge in [-0.25, -0.2) is 4.79 Å². The maximum atomic E-state index is 11.1. The largest absolute Gasteiger partial charge is 0.415 e. The maximum Gasteiger partial charge on any atom is 0.415 e. The Balaban J connectivity index is 4.00. The molecule has 12 heavy (non-hydrogen) atoms. The molecule has 4 heteroatoms. The number of ether oxygens (including phenoxy) is 1. The molecular weight excluding hydrogens is 158 g/mol. The number of carbonyl (C=O) groups is 2. The van der Waals surface area contributed by atoms with Crippen LogP contribution in [-0.2, 0) is 9.53 Å². The van der Waals surface area contributed by atoms with Crippen LogP contribution >= 0.6 is 0 Å². The van der Waals surface area contributed by atoms with Crippen LogP contribution in [0, 0.1) is 0 Å². The second kappa shape index (κ2) is 5.35. The Labute approximate surface area is 71.8 Å². The Kier molecular flexibility index (Phi) is 4.76. The highest BCUT2D eigenvalue weighted by Crippen LogP contribution is 1.97. The molecule has 0 aliphatic heterocycles. The van der Waals surface area contributed by atoms with Crippen molar-refractivity contribution >= 4 is 12.4 Å². The summed E-state index contributed by atoms with van der Waals surface area (Å²) in [4.78, 5) is 22.6. The van der Waals surface area contributed by atoms with Crippen LogP contribution in [0.15, 0.2) is 12.3 Å². The molecule has 68 valence electrons. The zero-order valence-corrected chi connectivity index (χ0v) is 7.37. The number of rotatable bonds is 4. The average Bonchev–Trinajstić information content (AvgIpc) is 2.06. The maximum absolute atomic E-state index is 11.1. The number of carbonyl (C=O) groups excluding carboxylic acids is 2. The fourth-order valence-corrected chi connectivity index (χ4v) is 0.683. The average molecular weight is 171 g/mol. The summed E-state index contributed by atoms with van der Waals surface area (Å²) in [6, 6.07) is 0. The van der Waals surface area contributed by atoms with Crippen LogP contribution in [0.3, 0.4) is 0 Å². The third kappa shape index (κ3) is 3.18. The third-order valence-corrected chi connectivity index (χ3v) is 1.37. The molecule has 0 bridgehead atoms. The van der Waals surface area contributed by atoms with E-state index in [1.807, 2.05) is 13.8 Å². The summed E-state index contributed by atoms with van der Waals surface area (Å²) in [5.74, 6) is -0.160. The van der Waals surface area contributed by atoms with E-state index >= 15 is 0 Å². The number of aldehydes is 1. The smallest absolute Gasteiger partial charge is 0.407 e. The van der Waals surface area contributed by atoms with Crippen molar-refractivity contribution < 1.29 is 14.3 Å². The predicted molar refractivity (Wildman–Crippen MR) is 44.6 cm³/mol. The van der Waals surface area contributed by atoms with Crippen molar-refractivity contribution in [1.29, 1.82) is 0 Å². The van der Waals surface area contributed by atoms with Gasteiger partial charge in [-0.05, 0) is 13.8 Å². The summed E-state index contributed by atoms with van der Waals surface area (Å²) in [6.45, 7) is 8.00. The molecular formula is C8H13NO3. The summed E-state index contributed by atoms with van der Waals surface area (Å²) in [5, 5.41) is 0. The van der Waals surface area contributed by atoms with Crippen LogP contribution in [0.25, 0.3) is 0 Å². The van der Waals surface area contributed by atoms with Crippen molar-refractivity contribution in [2.75, 3.05) is 13.1 Å². The van der Waals surface area contributed by atoms with Crippen LogP contribution in [-0.4, -0.2) is 30.4 Å². The monoisotopic (exact) mass is 171 g/mol. The quantitative estimate of drug-likeness (QED) is 0.362. The molecule has 0 atom stereocenters. The lowest BCUT2D eigenvalue weighted by Gasteiger charge is -2.16. The van der Waals surface area contributed by atoms with Gasteiger partial charge in [0.05, 0.1) is 0 Å². The van der Waals surface area contributed by atoms with Crippen LogP contribution in [0.5, 0.6) is 0 Å². The molecule has 0 N–H and O–H groups in total. The van der Waals surface area contributed by atoms with E-state index in [1.165, 1.54) is 4.90 Å². The van der Waals surface area contributed by atoms with Gasteiger partial charge in [0.15, 0.2) is 12.0 Å².